The number of aryl methyl sites for hydroxylation is 2. The molecule has 182 valence electrons. The quantitative estimate of drug-likeness (QED) is 0.660. The van der Waals surface area contributed by atoms with Crippen LogP contribution in [0.25, 0.3) is 0 Å². The highest BCUT2D eigenvalue weighted by atomic mass is 16.5. The molecule has 0 spiro atoms. The Morgan fingerprint density at radius 2 is 1.91 bits per heavy atom. The second-order valence-corrected chi connectivity index (χ2v) is 9.32. The molecule has 4 rings (SSSR count). The Kier molecular flexibility index (Phi) is 8.22. The van der Waals surface area contributed by atoms with Gasteiger partial charge in [0.15, 0.2) is 0 Å². The number of anilines is 1. The molecule has 34 heavy (non-hydrogen) atoms. The van der Waals surface area contributed by atoms with Crippen LogP contribution in [-0.2, 0) is 24.1 Å². The minimum Gasteiger partial charge on any atom is -0.381 e. The van der Waals surface area contributed by atoms with Gasteiger partial charge in [-0.1, -0.05) is 18.2 Å². The standard InChI is InChI=1S/C28H37N3O3/c1-3-31(22-14-16-34-17-15-22)26-13-9-12-24-23(26)11-8-6-4-5-7-10-21-18-20(2)30-28(33)25(21)19-29-27(24)32/h6,8-9,12-13,18,22H,3-5,7,10-11,14-17,19H2,1-2H3,(H,29,32)(H,30,33). The predicted molar refractivity (Wildman–Crippen MR) is 137 cm³/mol. The lowest BCUT2D eigenvalue weighted by Crippen LogP contribution is -2.40. The maximum atomic E-state index is 13.4. The van der Waals surface area contributed by atoms with Gasteiger partial charge in [0.2, 0.25) is 0 Å². The van der Waals surface area contributed by atoms with Gasteiger partial charge in [0.25, 0.3) is 11.5 Å². The normalized spacial score (nSPS) is 17.9. The molecule has 2 aliphatic rings. The topological polar surface area (TPSA) is 74.4 Å². The molecule has 6 nitrogen and oxygen atoms in total. The van der Waals surface area contributed by atoms with Crippen LogP contribution < -0.4 is 15.8 Å². The number of nitrogens with one attached hydrogen (secondary N) is 2. The minimum atomic E-state index is -0.128. The molecule has 0 atom stereocenters. The maximum Gasteiger partial charge on any atom is 0.253 e. The highest BCUT2D eigenvalue weighted by Gasteiger charge is 2.25. The molecule has 0 radical (unpaired) electrons. The van der Waals surface area contributed by atoms with Crippen LogP contribution in [-0.4, -0.2) is 36.7 Å². The van der Waals surface area contributed by atoms with Crippen LogP contribution in [0.4, 0.5) is 5.69 Å². The number of allylic oxidation sites excluding steroid dienone is 2. The number of aromatic nitrogens is 1. The summed E-state index contributed by atoms with van der Waals surface area (Å²) in [5.41, 5.74) is 5.34. The lowest BCUT2D eigenvalue weighted by Gasteiger charge is -2.37. The average Bonchev–Trinajstić information content (AvgIpc) is 2.84. The number of hydrogen-bond donors (Lipinski definition) is 2. The predicted octanol–water partition coefficient (Wildman–Crippen LogP) is 4.44. The van der Waals surface area contributed by atoms with Crippen LogP contribution >= 0.6 is 0 Å². The number of ether oxygens (including phenoxy) is 1. The first-order valence-electron chi connectivity index (χ1n) is 12.7. The number of hydrogen-bond acceptors (Lipinski definition) is 4. The third-order valence-corrected chi connectivity index (χ3v) is 7.02. The van der Waals surface area contributed by atoms with Gasteiger partial charge in [-0.05, 0) is 88.1 Å². The summed E-state index contributed by atoms with van der Waals surface area (Å²) in [6.07, 6.45) is 11.1. The van der Waals surface area contributed by atoms with Crippen molar-refractivity contribution in [2.75, 3.05) is 24.7 Å². The Bertz CT molecular complexity index is 1080. The van der Waals surface area contributed by atoms with E-state index in [1.54, 1.807) is 0 Å². The number of benzene rings is 1. The van der Waals surface area contributed by atoms with Crippen LogP contribution in [0.5, 0.6) is 0 Å². The Labute approximate surface area is 202 Å². The highest BCUT2D eigenvalue weighted by molar-refractivity contribution is 5.97. The van der Waals surface area contributed by atoms with E-state index >= 15 is 0 Å². The lowest BCUT2D eigenvalue weighted by molar-refractivity contribution is 0.0845. The Hall–Kier alpha value is -2.86. The Morgan fingerprint density at radius 3 is 2.71 bits per heavy atom. The summed E-state index contributed by atoms with van der Waals surface area (Å²) in [5.74, 6) is -0.128. The van der Waals surface area contributed by atoms with Gasteiger partial charge in [0.05, 0.1) is 0 Å². The fraction of sp³-hybridized carbons (Fsp3) is 0.500. The first-order valence-corrected chi connectivity index (χ1v) is 12.7. The summed E-state index contributed by atoms with van der Waals surface area (Å²) in [5, 5.41) is 3.05. The van der Waals surface area contributed by atoms with Gasteiger partial charge in [-0.2, -0.15) is 0 Å². The third-order valence-electron chi connectivity index (χ3n) is 7.02. The Balaban J connectivity index is 1.70. The van der Waals surface area contributed by atoms with Crippen molar-refractivity contribution in [1.29, 1.82) is 0 Å². The number of carbonyl (C=O) groups is 1. The van der Waals surface area contributed by atoms with Gasteiger partial charge < -0.3 is 19.9 Å². The van der Waals surface area contributed by atoms with Crippen molar-refractivity contribution in [2.45, 2.75) is 71.4 Å². The number of aromatic amines is 1. The first kappa shape index (κ1) is 24.3. The number of amides is 1. The minimum absolute atomic E-state index is 0.104. The molecule has 0 saturated carbocycles. The van der Waals surface area contributed by atoms with Gasteiger partial charge in [0.1, 0.15) is 0 Å². The van der Waals surface area contributed by atoms with E-state index in [2.05, 4.69) is 40.3 Å². The largest absolute Gasteiger partial charge is 0.381 e. The van der Waals surface area contributed by atoms with E-state index in [0.717, 1.165) is 87.2 Å². The lowest BCUT2D eigenvalue weighted by atomic mass is 9.96. The van der Waals surface area contributed by atoms with E-state index in [1.165, 1.54) is 0 Å². The molecule has 1 aromatic heterocycles. The molecule has 2 N–H and O–H groups in total. The van der Waals surface area contributed by atoms with Crippen molar-refractivity contribution < 1.29 is 9.53 Å². The van der Waals surface area contributed by atoms with E-state index in [-0.39, 0.29) is 18.0 Å². The van der Waals surface area contributed by atoms with E-state index < -0.39 is 0 Å². The number of fused-ring (bicyclic) bond motifs is 2. The van der Waals surface area contributed by atoms with Crippen molar-refractivity contribution in [1.82, 2.24) is 10.3 Å². The molecule has 1 aromatic carbocycles. The number of carbonyl (C=O) groups excluding carboxylic acids is 1. The summed E-state index contributed by atoms with van der Waals surface area (Å²) in [6, 6.07) is 8.49. The van der Waals surface area contributed by atoms with Gasteiger partial charge in [-0.3, -0.25) is 9.59 Å². The van der Waals surface area contributed by atoms with Crippen molar-refractivity contribution in [3.63, 3.8) is 0 Å². The second-order valence-electron chi connectivity index (χ2n) is 9.32. The molecule has 0 bridgehead atoms. The number of nitrogens with zero attached hydrogens (tertiary/aromatic N) is 1. The van der Waals surface area contributed by atoms with Crippen molar-refractivity contribution in [3.8, 4) is 0 Å². The molecule has 0 aliphatic carbocycles. The summed E-state index contributed by atoms with van der Waals surface area (Å²) in [6.45, 7) is 6.77. The monoisotopic (exact) mass is 463 g/mol. The third kappa shape index (κ3) is 5.61. The van der Waals surface area contributed by atoms with E-state index in [9.17, 15) is 9.59 Å². The van der Waals surface area contributed by atoms with Crippen LogP contribution in [0.2, 0.25) is 0 Å². The summed E-state index contributed by atoms with van der Waals surface area (Å²) < 4.78 is 5.59. The summed E-state index contributed by atoms with van der Waals surface area (Å²) >= 11 is 0. The van der Waals surface area contributed by atoms with Gasteiger partial charge >= 0.3 is 0 Å². The fourth-order valence-corrected chi connectivity index (χ4v) is 5.26. The zero-order chi connectivity index (χ0) is 23.9. The maximum absolute atomic E-state index is 13.4. The molecule has 1 amide bonds. The smallest absolute Gasteiger partial charge is 0.253 e. The number of H-pyrrole nitrogens is 1. The first-order chi connectivity index (χ1) is 16.6. The molecule has 1 fully saturated rings. The van der Waals surface area contributed by atoms with Crippen LogP contribution in [0.15, 0.2) is 41.2 Å². The van der Waals surface area contributed by atoms with E-state index in [4.69, 9.17) is 4.74 Å². The van der Waals surface area contributed by atoms with Crippen LogP contribution in [0, 0.1) is 6.92 Å². The van der Waals surface area contributed by atoms with Gasteiger partial charge in [-0.15, -0.1) is 0 Å². The average molecular weight is 464 g/mol. The molecule has 0 unspecified atom stereocenters. The van der Waals surface area contributed by atoms with Gasteiger partial charge in [-0.25, -0.2) is 0 Å². The van der Waals surface area contributed by atoms with Crippen molar-refractivity contribution in [3.05, 3.63) is 74.7 Å². The molecule has 1 saturated heterocycles. The summed E-state index contributed by atoms with van der Waals surface area (Å²) in [7, 11) is 0. The molecular formula is C28H37N3O3. The second kappa shape index (κ2) is 11.5. The zero-order valence-electron chi connectivity index (χ0n) is 20.5. The summed E-state index contributed by atoms with van der Waals surface area (Å²) in [4.78, 5) is 31.5. The zero-order valence-corrected chi connectivity index (χ0v) is 20.5. The van der Waals surface area contributed by atoms with E-state index in [1.807, 2.05) is 25.1 Å². The molecule has 3 heterocycles. The van der Waals surface area contributed by atoms with E-state index in [0.29, 0.717) is 17.2 Å². The number of pyridine rings is 1. The number of rotatable bonds is 3. The van der Waals surface area contributed by atoms with Crippen molar-refractivity contribution >= 4 is 11.6 Å². The highest BCUT2D eigenvalue weighted by Crippen LogP contribution is 2.30. The SMILES string of the molecule is CCN(c1cccc2c1CC=CCCCCc1cc(C)[nH]c(=O)c1CNC2=O)C1CCOCC1. The van der Waals surface area contributed by atoms with Crippen LogP contribution in [0.1, 0.15) is 71.8 Å². The Morgan fingerprint density at radius 1 is 1.09 bits per heavy atom. The van der Waals surface area contributed by atoms with Gasteiger partial charge in [0, 0.05) is 54.9 Å². The fourth-order valence-electron chi connectivity index (χ4n) is 5.26. The molecule has 6 heteroatoms. The molecule has 2 aromatic rings. The molecule has 2 aliphatic heterocycles. The van der Waals surface area contributed by atoms with Crippen molar-refractivity contribution in [2.24, 2.45) is 0 Å². The van der Waals surface area contributed by atoms with Crippen LogP contribution in [0.3, 0.4) is 0 Å². The molecular weight excluding hydrogens is 426 g/mol.